The monoisotopic (exact) mass is 366 g/mol. The van der Waals surface area contributed by atoms with E-state index in [4.69, 9.17) is 0 Å². The minimum atomic E-state index is -1.14. The van der Waals surface area contributed by atoms with Gasteiger partial charge in [-0.05, 0) is 31.6 Å². The molecular formula is C17H26N4O5. The van der Waals surface area contributed by atoms with Gasteiger partial charge in [0, 0.05) is 19.2 Å². The van der Waals surface area contributed by atoms with Crippen LogP contribution in [0.4, 0.5) is 11.4 Å². The van der Waals surface area contributed by atoms with Gasteiger partial charge in [0.25, 0.3) is 5.69 Å². The molecule has 0 saturated carbocycles. The zero-order valence-corrected chi connectivity index (χ0v) is 15.3. The second-order valence-electron chi connectivity index (χ2n) is 5.90. The van der Waals surface area contributed by atoms with Gasteiger partial charge >= 0.3 is 5.97 Å². The van der Waals surface area contributed by atoms with Gasteiger partial charge in [0.15, 0.2) is 0 Å². The molecule has 0 spiro atoms. The summed E-state index contributed by atoms with van der Waals surface area (Å²) in [6, 6.07) is 3.37. The summed E-state index contributed by atoms with van der Waals surface area (Å²) in [6.45, 7) is 8.54. The Morgan fingerprint density at radius 3 is 2.50 bits per heavy atom. The average Bonchev–Trinajstić information content (AvgIpc) is 2.58. The van der Waals surface area contributed by atoms with E-state index < -0.39 is 22.8 Å². The molecule has 0 aliphatic carbocycles. The molecule has 1 aromatic rings. The van der Waals surface area contributed by atoms with Gasteiger partial charge in [0.2, 0.25) is 5.91 Å². The summed E-state index contributed by atoms with van der Waals surface area (Å²) in [4.78, 5) is 36.1. The van der Waals surface area contributed by atoms with E-state index in [-0.39, 0.29) is 17.8 Å². The molecular weight excluding hydrogens is 340 g/mol. The predicted octanol–water partition coefficient (Wildman–Crippen LogP) is 1.62. The third kappa shape index (κ3) is 6.77. The number of aryl methyl sites for hydroxylation is 1. The molecule has 9 heteroatoms. The number of anilines is 1. The Labute approximate surface area is 152 Å². The number of nitrogens with one attached hydrogen (secondary N) is 2. The zero-order chi connectivity index (χ0) is 19.7. The Morgan fingerprint density at radius 1 is 1.31 bits per heavy atom. The number of nitrogens with zero attached hydrogens (tertiary/aromatic N) is 2. The Kier molecular flexibility index (Phi) is 8.66. The molecule has 1 atom stereocenters. The number of rotatable bonds is 11. The van der Waals surface area contributed by atoms with Crippen LogP contribution in [-0.4, -0.2) is 59.0 Å². The summed E-state index contributed by atoms with van der Waals surface area (Å²) in [7, 11) is 0. The Hall–Kier alpha value is -2.52. The molecule has 9 nitrogen and oxygen atoms in total. The van der Waals surface area contributed by atoms with Gasteiger partial charge in [0.05, 0.1) is 11.3 Å². The maximum atomic E-state index is 12.1. The Balaban J connectivity index is 2.68. The van der Waals surface area contributed by atoms with E-state index in [0.29, 0.717) is 18.7 Å². The zero-order valence-electron chi connectivity index (χ0n) is 15.3. The summed E-state index contributed by atoms with van der Waals surface area (Å²) >= 11 is 0. The van der Waals surface area contributed by atoms with Gasteiger partial charge in [-0.15, -0.1) is 0 Å². The first-order valence-corrected chi connectivity index (χ1v) is 8.51. The highest BCUT2D eigenvalue weighted by atomic mass is 16.6. The van der Waals surface area contributed by atoms with Crippen molar-refractivity contribution in [2.24, 2.45) is 0 Å². The van der Waals surface area contributed by atoms with E-state index in [1.807, 2.05) is 13.8 Å². The Bertz CT molecular complexity index is 646. The minimum Gasteiger partial charge on any atom is -0.480 e. The molecule has 0 saturated heterocycles. The number of carbonyl (C=O) groups excluding carboxylic acids is 1. The Morgan fingerprint density at radius 2 is 1.96 bits per heavy atom. The number of aliphatic carboxylic acids is 1. The van der Waals surface area contributed by atoms with Crippen molar-refractivity contribution in [1.29, 1.82) is 0 Å². The van der Waals surface area contributed by atoms with Crippen LogP contribution in [0, 0.1) is 17.0 Å². The van der Waals surface area contributed by atoms with E-state index in [2.05, 4.69) is 15.5 Å². The maximum Gasteiger partial charge on any atom is 0.321 e. The van der Waals surface area contributed by atoms with Crippen molar-refractivity contribution in [3.63, 3.8) is 0 Å². The van der Waals surface area contributed by atoms with Crippen LogP contribution >= 0.6 is 0 Å². The number of likely N-dealkylation sites (N-methyl/N-ethyl adjacent to an activating group) is 1. The second kappa shape index (κ2) is 10.5. The van der Waals surface area contributed by atoms with E-state index in [9.17, 15) is 24.8 Å². The average molecular weight is 366 g/mol. The molecule has 0 bridgehead atoms. The van der Waals surface area contributed by atoms with Crippen molar-refractivity contribution in [1.82, 2.24) is 10.2 Å². The fourth-order valence-corrected chi connectivity index (χ4v) is 2.47. The molecule has 0 heterocycles. The molecule has 26 heavy (non-hydrogen) atoms. The number of carboxylic acid groups (broad SMARTS) is 1. The lowest BCUT2D eigenvalue weighted by Gasteiger charge is -2.20. The summed E-state index contributed by atoms with van der Waals surface area (Å²) in [5.41, 5.74) is 0.522. The lowest BCUT2D eigenvalue weighted by Crippen LogP contribution is -2.43. The number of carbonyl (C=O) groups is 2. The van der Waals surface area contributed by atoms with Gasteiger partial charge < -0.3 is 20.6 Å². The maximum absolute atomic E-state index is 12.1. The first-order valence-electron chi connectivity index (χ1n) is 8.51. The number of hydrogen-bond acceptors (Lipinski definition) is 6. The number of carboxylic acids is 1. The van der Waals surface area contributed by atoms with E-state index in [0.717, 1.165) is 13.1 Å². The predicted molar refractivity (Wildman–Crippen MR) is 98.3 cm³/mol. The van der Waals surface area contributed by atoms with Crippen LogP contribution in [0.5, 0.6) is 0 Å². The molecule has 1 aromatic carbocycles. The summed E-state index contributed by atoms with van der Waals surface area (Å²) in [5, 5.41) is 25.7. The number of nitro benzene ring substituents is 1. The lowest BCUT2D eigenvalue weighted by atomic mass is 10.1. The molecule has 0 aliphatic heterocycles. The second-order valence-corrected chi connectivity index (χ2v) is 5.90. The molecule has 0 radical (unpaired) electrons. The van der Waals surface area contributed by atoms with Crippen LogP contribution in [0.1, 0.15) is 25.8 Å². The fraction of sp³-hybridized carbons (Fsp3) is 0.529. The molecule has 0 unspecified atom stereocenters. The number of nitro groups is 1. The van der Waals surface area contributed by atoms with E-state index in [1.165, 1.54) is 12.1 Å². The van der Waals surface area contributed by atoms with Crippen LogP contribution in [0.15, 0.2) is 18.2 Å². The van der Waals surface area contributed by atoms with Gasteiger partial charge in [0.1, 0.15) is 11.7 Å². The highest BCUT2D eigenvalue weighted by molar-refractivity contribution is 5.95. The van der Waals surface area contributed by atoms with Gasteiger partial charge in [-0.2, -0.15) is 0 Å². The fourth-order valence-electron chi connectivity index (χ4n) is 2.47. The van der Waals surface area contributed by atoms with Crippen LogP contribution in [-0.2, 0) is 9.59 Å². The van der Waals surface area contributed by atoms with Crippen molar-refractivity contribution in [2.45, 2.75) is 33.2 Å². The minimum absolute atomic E-state index is 0.0536. The largest absolute Gasteiger partial charge is 0.480 e. The molecule has 0 fully saturated rings. The number of amides is 1. The SMILES string of the molecule is CCN(CC)CCN[C@@H](CC(=O)Nc1ccc(C)cc1[N+](=O)[O-])C(=O)O. The molecule has 0 aliphatic rings. The number of benzene rings is 1. The third-order valence-corrected chi connectivity index (χ3v) is 4.02. The van der Waals surface area contributed by atoms with Gasteiger partial charge in [-0.1, -0.05) is 19.9 Å². The van der Waals surface area contributed by atoms with Crippen LogP contribution in [0.3, 0.4) is 0 Å². The van der Waals surface area contributed by atoms with Crippen molar-refractivity contribution in [3.8, 4) is 0 Å². The van der Waals surface area contributed by atoms with Crippen LogP contribution < -0.4 is 10.6 Å². The lowest BCUT2D eigenvalue weighted by molar-refractivity contribution is -0.384. The molecule has 1 rings (SSSR count). The summed E-state index contributed by atoms with van der Waals surface area (Å²) in [6.07, 6.45) is -0.321. The summed E-state index contributed by atoms with van der Waals surface area (Å²) < 4.78 is 0. The van der Waals surface area contributed by atoms with Gasteiger partial charge in [-0.3, -0.25) is 19.7 Å². The van der Waals surface area contributed by atoms with Crippen molar-refractivity contribution < 1.29 is 19.6 Å². The quantitative estimate of drug-likeness (QED) is 0.401. The van der Waals surface area contributed by atoms with E-state index in [1.54, 1.807) is 13.0 Å². The summed E-state index contributed by atoms with van der Waals surface area (Å²) in [5.74, 6) is -1.74. The third-order valence-electron chi connectivity index (χ3n) is 4.02. The number of hydrogen-bond donors (Lipinski definition) is 3. The highest BCUT2D eigenvalue weighted by Crippen LogP contribution is 2.25. The standard InChI is InChI=1S/C17H26N4O5/c1-4-20(5-2)9-8-18-14(17(23)24)11-16(22)19-13-7-6-12(3)10-15(13)21(25)26/h6-7,10,14,18H,4-5,8-9,11H2,1-3H3,(H,19,22)(H,23,24)/t14-/m0/s1. The van der Waals surface area contributed by atoms with Crippen molar-refractivity contribution in [2.75, 3.05) is 31.5 Å². The van der Waals surface area contributed by atoms with Crippen LogP contribution in [0.25, 0.3) is 0 Å². The molecule has 0 aromatic heterocycles. The van der Waals surface area contributed by atoms with Crippen molar-refractivity contribution >= 4 is 23.3 Å². The van der Waals surface area contributed by atoms with Gasteiger partial charge in [-0.25, -0.2) is 0 Å². The normalized spacial score (nSPS) is 12.0. The topological polar surface area (TPSA) is 125 Å². The molecule has 144 valence electrons. The molecule has 1 amide bonds. The first-order chi connectivity index (χ1) is 12.3. The first kappa shape index (κ1) is 21.5. The highest BCUT2D eigenvalue weighted by Gasteiger charge is 2.23. The smallest absolute Gasteiger partial charge is 0.321 e. The van der Waals surface area contributed by atoms with Crippen LogP contribution in [0.2, 0.25) is 0 Å². The van der Waals surface area contributed by atoms with Crippen molar-refractivity contribution in [3.05, 3.63) is 33.9 Å². The van der Waals surface area contributed by atoms with E-state index >= 15 is 0 Å². The molecule has 3 N–H and O–H groups in total.